The molecule has 1 aromatic carbocycles. The fourth-order valence-electron chi connectivity index (χ4n) is 1.53. The second kappa shape index (κ2) is 4.07. The summed E-state index contributed by atoms with van der Waals surface area (Å²) in [4.78, 5) is 0. The van der Waals surface area contributed by atoms with Crippen LogP contribution in [0.15, 0.2) is 24.3 Å². The molecule has 1 aromatic rings. The minimum atomic E-state index is -1.20. The lowest BCUT2D eigenvalue weighted by Crippen LogP contribution is -2.40. The third kappa shape index (κ3) is 2.67. The van der Waals surface area contributed by atoms with Gasteiger partial charge >= 0.3 is 0 Å². The smallest absolute Gasteiger partial charge is 0.0780 e. The molecule has 0 spiro atoms. The second-order valence-electron chi connectivity index (χ2n) is 4.34. The number of ether oxygens (including phenoxy) is 1. The zero-order valence-electron chi connectivity index (χ0n) is 8.92. The molecule has 0 aromatic heterocycles. The van der Waals surface area contributed by atoms with Gasteiger partial charge in [-0.05, 0) is 5.56 Å². The molecule has 2 heteroatoms. The van der Waals surface area contributed by atoms with Crippen LogP contribution in [0.3, 0.4) is 0 Å². The monoisotopic (exact) mass is 194 g/mol. The molecular formula is C11H18OSi. The third-order valence-electron chi connectivity index (χ3n) is 2.13. The lowest BCUT2D eigenvalue weighted by molar-refractivity contribution is 0.185. The summed E-state index contributed by atoms with van der Waals surface area (Å²) in [5, 5.41) is 1.51. The fraction of sp³-hybridized carbons (Fsp3) is 0.455. The molecule has 0 radical (unpaired) electrons. The van der Waals surface area contributed by atoms with Gasteiger partial charge in [0.05, 0.1) is 14.7 Å². The molecule has 0 amide bonds. The van der Waals surface area contributed by atoms with Crippen LogP contribution in [-0.4, -0.2) is 15.2 Å². The summed E-state index contributed by atoms with van der Waals surface area (Å²) in [6, 6.07) is 8.60. The zero-order chi connectivity index (χ0) is 9.90. The van der Waals surface area contributed by atoms with Gasteiger partial charge in [-0.1, -0.05) is 49.1 Å². The highest BCUT2D eigenvalue weighted by molar-refractivity contribution is 6.89. The van der Waals surface area contributed by atoms with E-state index in [4.69, 9.17) is 4.74 Å². The van der Waals surface area contributed by atoms with Gasteiger partial charge in [0.15, 0.2) is 0 Å². The fourth-order valence-corrected chi connectivity index (χ4v) is 3.25. The standard InChI is InChI=1S/C11H18OSi/c1-12-9-10-7-5-6-8-11(10)13(2,3)4/h5-8H,9H2,1-4H3. The van der Waals surface area contributed by atoms with Gasteiger partial charge in [-0.15, -0.1) is 0 Å². The first kappa shape index (κ1) is 10.5. The quantitative estimate of drug-likeness (QED) is 0.671. The molecule has 1 nitrogen and oxygen atoms in total. The Bertz CT molecular complexity index is 276. The van der Waals surface area contributed by atoms with E-state index in [1.807, 2.05) is 0 Å². The van der Waals surface area contributed by atoms with Gasteiger partial charge in [0.1, 0.15) is 0 Å². The highest BCUT2D eigenvalue weighted by Crippen LogP contribution is 2.07. The van der Waals surface area contributed by atoms with Crippen molar-refractivity contribution in [3.05, 3.63) is 29.8 Å². The molecular weight excluding hydrogens is 176 g/mol. The van der Waals surface area contributed by atoms with E-state index in [1.165, 1.54) is 10.8 Å². The van der Waals surface area contributed by atoms with Gasteiger partial charge in [-0.2, -0.15) is 0 Å². The summed E-state index contributed by atoms with van der Waals surface area (Å²) in [6.45, 7) is 7.82. The van der Waals surface area contributed by atoms with E-state index in [0.717, 1.165) is 6.61 Å². The summed E-state index contributed by atoms with van der Waals surface area (Å²) < 4.78 is 5.19. The molecule has 0 atom stereocenters. The SMILES string of the molecule is COCc1ccccc1[Si](C)(C)C. The molecule has 0 heterocycles. The maximum atomic E-state index is 5.19. The normalized spacial score (nSPS) is 11.7. The lowest BCUT2D eigenvalue weighted by Gasteiger charge is -2.20. The van der Waals surface area contributed by atoms with Crippen LogP contribution in [0.4, 0.5) is 0 Å². The Morgan fingerprint density at radius 2 is 1.77 bits per heavy atom. The van der Waals surface area contributed by atoms with E-state index >= 15 is 0 Å². The molecule has 0 bridgehead atoms. The van der Waals surface area contributed by atoms with Crippen LogP contribution in [0.5, 0.6) is 0 Å². The van der Waals surface area contributed by atoms with E-state index in [1.54, 1.807) is 7.11 Å². The number of benzene rings is 1. The van der Waals surface area contributed by atoms with Gasteiger partial charge in [0, 0.05) is 7.11 Å². The Labute approximate surface area is 81.8 Å². The summed E-state index contributed by atoms with van der Waals surface area (Å²) in [6.07, 6.45) is 0. The number of hydrogen-bond donors (Lipinski definition) is 0. The first-order chi connectivity index (χ1) is 6.05. The van der Waals surface area contributed by atoms with Crippen molar-refractivity contribution in [2.45, 2.75) is 26.2 Å². The number of hydrogen-bond acceptors (Lipinski definition) is 1. The van der Waals surface area contributed by atoms with Gasteiger partial charge < -0.3 is 4.74 Å². The van der Waals surface area contributed by atoms with Crippen molar-refractivity contribution < 1.29 is 4.74 Å². The Kier molecular flexibility index (Phi) is 3.28. The minimum Gasteiger partial charge on any atom is -0.380 e. The zero-order valence-corrected chi connectivity index (χ0v) is 9.92. The van der Waals surface area contributed by atoms with Crippen LogP contribution in [0.1, 0.15) is 5.56 Å². The largest absolute Gasteiger partial charge is 0.380 e. The second-order valence-corrected chi connectivity index (χ2v) is 9.38. The van der Waals surface area contributed by atoms with Crippen LogP contribution >= 0.6 is 0 Å². The number of rotatable bonds is 3. The summed E-state index contributed by atoms with van der Waals surface area (Å²) >= 11 is 0. The van der Waals surface area contributed by atoms with Crippen molar-refractivity contribution in [2.75, 3.05) is 7.11 Å². The van der Waals surface area contributed by atoms with Crippen LogP contribution in [0.2, 0.25) is 19.6 Å². The first-order valence-electron chi connectivity index (χ1n) is 4.63. The van der Waals surface area contributed by atoms with Crippen LogP contribution < -0.4 is 5.19 Å². The van der Waals surface area contributed by atoms with E-state index < -0.39 is 8.07 Å². The molecule has 1 rings (SSSR count). The Morgan fingerprint density at radius 3 is 2.31 bits per heavy atom. The minimum absolute atomic E-state index is 0.737. The average molecular weight is 194 g/mol. The van der Waals surface area contributed by atoms with Crippen molar-refractivity contribution in [2.24, 2.45) is 0 Å². The van der Waals surface area contributed by atoms with Crippen molar-refractivity contribution in [3.63, 3.8) is 0 Å². The Morgan fingerprint density at radius 1 is 1.15 bits per heavy atom. The van der Waals surface area contributed by atoms with Gasteiger partial charge in [-0.25, -0.2) is 0 Å². The van der Waals surface area contributed by atoms with E-state index in [0.29, 0.717) is 0 Å². The highest BCUT2D eigenvalue weighted by atomic mass is 28.3. The van der Waals surface area contributed by atoms with Crippen molar-refractivity contribution >= 4 is 13.3 Å². The van der Waals surface area contributed by atoms with E-state index in [9.17, 15) is 0 Å². The number of methoxy groups -OCH3 is 1. The maximum absolute atomic E-state index is 5.19. The molecule has 0 saturated carbocycles. The molecule has 0 aliphatic rings. The van der Waals surface area contributed by atoms with Crippen molar-refractivity contribution in [1.82, 2.24) is 0 Å². The van der Waals surface area contributed by atoms with Crippen molar-refractivity contribution in [1.29, 1.82) is 0 Å². The summed E-state index contributed by atoms with van der Waals surface area (Å²) in [5.41, 5.74) is 1.35. The molecule has 0 N–H and O–H groups in total. The molecule has 0 fully saturated rings. The molecule has 0 saturated heterocycles. The van der Waals surface area contributed by atoms with E-state index in [2.05, 4.69) is 43.9 Å². The Balaban J connectivity index is 3.05. The highest BCUT2D eigenvalue weighted by Gasteiger charge is 2.18. The predicted molar refractivity (Wildman–Crippen MR) is 60.1 cm³/mol. The third-order valence-corrected chi connectivity index (χ3v) is 4.23. The Hall–Kier alpha value is -0.603. The molecule has 0 aliphatic carbocycles. The summed E-state index contributed by atoms with van der Waals surface area (Å²) in [7, 11) is 0.556. The van der Waals surface area contributed by atoms with Gasteiger partial charge in [-0.3, -0.25) is 0 Å². The predicted octanol–water partition coefficient (Wildman–Crippen LogP) is 2.38. The maximum Gasteiger partial charge on any atom is 0.0780 e. The van der Waals surface area contributed by atoms with Crippen LogP contribution in [-0.2, 0) is 11.3 Å². The van der Waals surface area contributed by atoms with Crippen LogP contribution in [0, 0.1) is 0 Å². The van der Waals surface area contributed by atoms with E-state index in [-0.39, 0.29) is 0 Å². The van der Waals surface area contributed by atoms with Crippen LogP contribution in [0.25, 0.3) is 0 Å². The molecule has 13 heavy (non-hydrogen) atoms. The van der Waals surface area contributed by atoms with Crippen molar-refractivity contribution in [3.8, 4) is 0 Å². The van der Waals surface area contributed by atoms with Gasteiger partial charge in [0.2, 0.25) is 0 Å². The molecule has 0 unspecified atom stereocenters. The first-order valence-corrected chi connectivity index (χ1v) is 8.13. The molecule has 0 aliphatic heterocycles. The van der Waals surface area contributed by atoms with Gasteiger partial charge in [0.25, 0.3) is 0 Å². The average Bonchev–Trinajstić information content (AvgIpc) is 2.04. The molecule has 72 valence electrons. The summed E-state index contributed by atoms with van der Waals surface area (Å²) in [5.74, 6) is 0. The lowest BCUT2D eigenvalue weighted by atomic mass is 10.2. The topological polar surface area (TPSA) is 9.23 Å².